The summed E-state index contributed by atoms with van der Waals surface area (Å²) in [4.78, 5) is 2.78. The largest absolute Gasteiger partial charge is 0.319 e. The van der Waals surface area contributed by atoms with Crippen molar-refractivity contribution in [1.29, 1.82) is 0 Å². The summed E-state index contributed by atoms with van der Waals surface area (Å²) in [5.74, 6) is 0.944. The number of hydrogen-bond acceptors (Lipinski definition) is 2. The first-order valence-electron chi connectivity index (χ1n) is 8.61. The quantitative estimate of drug-likeness (QED) is 0.781. The van der Waals surface area contributed by atoms with Crippen molar-refractivity contribution in [2.24, 2.45) is 11.3 Å². The molecular weight excluding hydrogens is 232 g/mol. The van der Waals surface area contributed by atoms with Gasteiger partial charge in [-0.1, -0.05) is 32.6 Å². The van der Waals surface area contributed by atoms with E-state index in [1.165, 1.54) is 84.0 Å². The molecule has 0 spiro atoms. The first-order valence-corrected chi connectivity index (χ1v) is 8.61. The van der Waals surface area contributed by atoms with Crippen LogP contribution in [0.1, 0.15) is 64.7 Å². The molecule has 1 heterocycles. The van der Waals surface area contributed by atoms with E-state index in [2.05, 4.69) is 24.2 Å². The Morgan fingerprint density at radius 2 is 1.74 bits per heavy atom. The highest BCUT2D eigenvalue weighted by atomic mass is 15.1. The molecule has 1 aliphatic heterocycles. The molecule has 1 saturated carbocycles. The van der Waals surface area contributed by atoms with Crippen LogP contribution in [-0.2, 0) is 0 Å². The van der Waals surface area contributed by atoms with Crippen molar-refractivity contribution in [3.63, 3.8) is 0 Å². The molecule has 0 bridgehead atoms. The van der Waals surface area contributed by atoms with Gasteiger partial charge >= 0.3 is 0 Å². The molecule has 1 unspecified atom stereocenters. The highest BCUT2D eigenvalue weighted by Crippen LogP contribution is 2.36. The molecule has 19 heavy (non-hydrogen) atoms. The fraction of sp³-hybridized carbons (Fsp3) is 1.00. The van der Waals surface area contributed by atoms with Crippen LogP contribution in [0.2, 0.25) is 0 Å². The van der Waals surface area contributed by atoms with Crippen molar-refractivity contribution in [2.45, 2.75) is 64.7 Å². The molecule has 0 aromatic heterocycles. The van der Waals surface area contributed by atoms with Crippen LogP contribution >= 0.6 is 0 Å². The van der Waals surface area contributed by atoms with Gasteiger partial charge in [-0.05, 0) is 63.6 Å². The fourth-order valence-electron chi connectivity index (χ4n) is 4.20. The molecule has 1 atom stereocenters. The first kappa shape index (κ1) is 15.3. The zero-order valence-corrected chi connectivity index (χ0v) is 13.2. The molecule has 1 saturated heterocycles. The van der Waals surface area contributed by atoms with Crippen LogP contribution in [0.25, 0.3) is 0 Å². The Balaban J connectivity index is 1.94. The second-order valence-electron chi connectivity index (χ2n) is 7.26. The molecule has 2 aliphatic rings. The first-order chi connectivity index (χ1) is 9.24. The third-order valence-electron chi connectivity index (χ3n) is 5.38. The normalized spacial score (nSPS) is 29.7. The van der Waals surface area contributed by atoms with Crippen molar-refractivity contribution < 1.29 is 0 Å². The van der Waals surface area contributed by atoms with E-state index in [0.29, 0.717) is 5.41 Å². The van der Waals surface area contributed by atoms with E-state index in [-0.39, 0.29) is 0 Å². The van der Waals surface area contributed by atoms with Crippen LogP contribution in [0, 0.1) is 11.3 Å². The molecule has 112 valence electrons. The lowest BCUT2D eigenvalue weighted by molar-refractivity contribution is 0.131. The molecule has 0 amide bonds. The average molecular weight is 266 g/mol. The Morgan fingerprint density at radius 3 is 2.42 bits per heavy atom. The van der Waals surface area contributed by atoms with Crippen LogP contribution in [-0.4, -0.2) is 38.1 Å². The molecule has 2 fully saturated rings. The van der Waals surface area contributed by atoms with E-state index in [4.69, 9.17) is 0 Å². The average Bonchev–Trinajstić information content (AvgIpc) is 2.72. The summed E-state index contributed by atoms with van der Waals surface area (Å²) in [5, 5.41) is 3.49. The SMILES string of the molecule is CNCC1(CN2CCCC(C)CC2)CCCCCC1. The van der Waals surface area contributed by atoms with E-state index in [1.54, 1.807) is 0 Å². The number of hydrogen-bond donors (Lipinski definition) is 1. The van der Waals surface area contributed by atoms with Crippen molar-refractivity contribution in [3.8, 4) is 0 Å². The fourth-order valence-corrected chi connectivity index (χ4v) is 4.20. The van der Waals surface area contributed by atoms with Gasteiger partial charge in [0.25, 0.3) is 0 Å². The van der Waals surface area contributed by atoms with E-state index in [9.17, 15) is 0 Å². The maximum absolute atomic E-state index is 3.49. The monoisotopic (exact) mass is 266 g/mol. The van der Waals surface area contributed by atoms with Gasteiger partial charge in [-0.3, -0.25) is 0 Å². The van der Waals surface area contributed by atoms with Crippen molar-refractivity contribution in [1.82, 2.24) is 10.2 Å². The predicted molar refractivity (Wildman–Crippen MR) is 83.5 cm³/mol. The summed E-state index contributed by atoms with van der Waals surface area (Å²) in [6, 6.07) is 0. The molecule has 1 aliphatic carbocycles. The lowest BCUT2D eigenvalue weighted by atomic mass is 9.79. The molecule has 2 rings (SSSR count). The molecule has 1 N–H and O–H groups in total. The maximum Gasteiger partial charge on any atom is 0.00501 e. The molecular formula is C17H34N2. The Hall–Kier alpha value is -0.0800. The van der Waals surface area contributed by atoms with Crippen LogP contribution < -0.4 is 5.32 Å². The smallest absolute Gasteiger partial charge is 0.00501 e. The summed E-state index contributed by atoms with van der Waals surface area (Å²) in [6.45, 7) is 7.68. The predicted octanol–water partition coefficient (Wildman–Crippen LogP) is 3.67. The van der Waals surface area contributed by atoms with Crippen LogP contribution in [0.3, 0.4) is 0 Å². The van der Waals surface area contributed by atoms with E-state index in [1.807, 2.05) is 0 Å². The summed E-state index contributed by atoms with van der Waals surface area (Å²) in [6.07, 6.45) is 13.0. The Morgan fingerprint density at radius 1 is 1.00 bits per heavy atom. The lowest BCUT2D eigenvalue weighted by Gasteiger charge is -2.38. The minimum Gasteiger partial charge on any atom is -0.319 e. The van der Waals surface area contributed by atoms with Gasteiger partial charge in [0.2, 0.25) is 0 Å². The van der Waals surface area contributed by atoms with E-state index in [0.717, 1.165) is 5.92 Å². The minimum absolute atomic E-state index is 0.568. The molecule has 2 heteroatoms. The van der Waals surface area contributed by atoms with Crippen LogP contribution in [0.5, 0.6) is 0 Å². The molecule has 2 nitrogen and oxygen atoms in total. The van der Waals surface area contributed by atoms with Gasteiger partial charge in [-0.2, -0.15) is 0 Å². The van der Waals surface area contributed by atoms with Gasteiger partial charge < -0.3 is 10.2 Å². The van der Waals surface area contributed by atoms with Crippen molar-refractivity contribution >= 4 is 0 Å². The minimum atomic E-state index is 0.568. The Bertz CT molecular complexity index is 244. The summed E-state index contributed by atoms with van der Waals surface area (Å²) >= 11 is 0. The standard InChI is InChI=1S/C17H34N2/c1-16-8-7-12-19(13-9-16)15-17(14-18-2)10-5-3-4-6-11-17/h16,18H,3-15H2,1-2H3. The zero-order valence-electron chi connectivity index (χ0n) is 13.2. The summed E-state index contributed by atoms with van der Waals surface area (Å²) in [7, 11) is 2.14. The second-order valence-corrected chi connectivity index (χ2v) is 7.26. The lowest BCUT2D eigenvalue weighted by Crippen LogP contribution is -2.43. The number of nitrogens with zero attached hydrogens (tertiary/aromatic N) is 1. The maximum atomic E-state index is 3.49. The van der Waals surface area contributed by atoms with Crippen LogP contribution in [0.15, 0.2) is 0 Å². The van der Waals surface area contributed by atoms with Gasteiger partial charge in [0.1, 0.15) is 0 Å². The highest BCUT2D eigenvalue weighted by Gasteiger charge is 2.32. The number of likely N-dealkylation sites (tertiary alicyclic amines) is 1. The van der Waals surface area contributed by atoms with Gasteiger partial charge in [-0.25, -0.2) is 0 Å². The topological polar surface area (TPSA) is 15.3 Å². The number of nitrogens with one attached hydrogen (secondary N) is 1. The Kier molecular flexibility index (Phi) is 6.15. The molecule has 0 aromatic rings. The molecule has 0 aromatic carbocycles. The van der Waals surface area contributed by atoms with Crippen LogP contribution in [0.4, 0.5) is 0 Å². The highest BCUT2D eigenvalue weighted by molar-refractivity contribution is 4.87. The van der Waals surface area contributed by atoms with Crippen molar-refractivity contribution in [3.05, 3.63) is 0 Å². The second kappa shape index (κ2) is 7.64. The zero-order chi connectivity index (χ0) is 13.6. The third-order valence-corrected chi connectivity index (χ3v) is 5.38. The van der Waals surface area contributed by atoms with E-state index < -0.39 is 0 Å². The Labute approximate surface area is 120 Å². The third kappa shape index (κ3) is 4.75. The van der Waals surface area contributed by atoms with Gasteiger partial charge in [0.05, 0.1) is 0 Å². The van der Waals surface area contributed by atoms with E-state index >= 15 is 0 Å². The van der Waals surface area contributed by atoms with Gasteiger partial charge in [-0.15, -0.1) is 0 Å². The summed E-state index contributed by atoms with van der Waals surface area (Å²) in [5.41, 5.74) is 0.568. The van der Waals surface area contributed by atoms with Crippen molar-refractivity contribution in [2.75, 3.05) is 33.2 Å². The van der Waals surface area contributed by atoms with Gasteiger partial charge in [0.15, 0.2) is 0 Å². The number of rotatable bonds is 4. The molecule has 0 radical (unpaired) electrons. The summed E-state index contributed by atoms with van der Waals surface area (Å²) < 4.78 is 0. The van der Waals surface area contributed by atoms with Gasteiger partial charge in [0, 0.05) is 13.1 Å².